The summed E-state index contributed by atoms with van der Waals surface area (Å²) in [4.78, 5) is 12.5. The largest absolute Gasteiger partial charge is 0.295 e. The molecule has 0 aliphatic rings. The van der Waals surface area contributed by atoms with Crippen LogP contribution in [0.25, 0.3) is 0 Å². The molecule has 0 aromatic carbocycles. The third-order valence-corrected chi connectivity index (χ3v) is 1.31. The van der Waals surface area contributed by atoms with Gasteiger partial charge in [-0.3, -0.25) is 9.69 Å². The molecular formula is C8H13NOS. The van der Waals surface area contributed by atoms with Crippen molar-refractivity contribution in [1.29, 1.82) is 0 Å². The molecule has 0 atom stereocenters. The van der Waals surface area contributed by atoms with E-state index in [2.05, 4.69) is 12.6 Å². The van der Waals surface area contributed by atoms with Gasteiger partial charge in [0.05, 0.1) is 5.75 Å². The van der Waals surface area contributed by atoms with Crippen LogP contribution in [0.2, 0.25) is 0 Å². The van der Waals surface area contributed by atoms with E-state index in [4.69, 9.17) is 0 Å². The van der Waals surface area contributed by atoms with E-state index in [1.54, 1.807) is 24.6 Å². The number of thiol groups is 1. The molecule has 0 radical (unpaired) electrons. The fourth-order valence-electron chi connectivity index (χ4n) is 0.619. The Hall–Kier alpha value is -0.700. The van der Waals surface area contributed by atoms with Crippen molar-refractivity contribution in [2.24, 2.45) is 0 Å². The van der Waals surface area contributed by atoms with Crippen LogP contribution in [0.4, 0.5) is 0 Å². The third kappa shape index (κ3) is 3.88. The van der Waals surface area contributed by atoms with Crippen LogP contribution < -0.4 is 0 Å². The molecule has 0 heterocycles. The van der Waals surface area contributed by atoms with Crippen LogP contribution in [0, 0.1) is 0 Å². The first-order valence-electron chi connectivity index (χ1n) is 3.44. The molecule has 1 amide bonds. The number of rotatable bonds is 3. The number of amides is 1. The minimum absolute atomic E-state index is 0.0236. The van der Waals surface area contributed by atoms with Gasteiger partial charge in [-0.25, -0.2) is 0 Å². The van der Waals surface area contributed by atoms with Crippen molar-refractivity contribution in [2.45, 2.75) is 13.8 Å². The van der Waals surface area contributed by atoms with Crippen LogP contribution in [-0.2, 0) is 4.79 Å². The van der Waals surface area contributed by atoms with Crippen molar-refractivity contribution in [3.63, 3.8) is 0 Å². The lowest BCUT2D eigenvalue weighted by Crippen LogP contribution is -2.20. The van der Waals surface area contributed by atoms with Crippen molar-refractivity contribution in [3.8, 4) is 0 Å². The second-order valence-corrected chi connectivity index (χ2v) is 2.24. The molecule has 0 saturated carbocycles. The number of hydrogen-bond acceptors (Lipinski definition) is 2. The smallest absolute Gasteiger partial charge is 0.240 e. The second kappa shape index (κ2) is 6.04. The topological polar surface area (TPSA) is 20.3 Å². The number of nitrogens with zero attached hydrogens (tertiary/aromatic N) is 1. The molecule has 2 nitrogen and oxygen atoms in total. The maximum atomic E-state index is 11.0. The lowest BCUT2D eigenvalue weighted by molar-refractivity contribution is -0.123. The van der Waals surface area contributed by atoms with Gasteiger partial charge in [0.1, 0.15) is 0 Å². The van der Waals surface area contributed by atoms with Crippen LogP contribution >= 0.6 is 12.6 Å². The monoisotopic (exact) mass is 171 g/mol. The minimum Gasteiger partial charge on any atom is -0.295 e. The molecule has 0 aromatic heterocycles. The SMILES string of the molecule is CC=CN(C=CC)C(=O)CS. The van der Waals surface area contributed by atoms with Crippen LogP contribution in [0.1, 0.15) is 13.8 Å². The van der Waals surface area contributed by atoms with E-state index in [-0.39, 0.29) is 11.7 Å². The van der Waals surface area contributed by atoms with E-state index in [0.717, 1.165) is 0 Å². The third-order valence-electron chi connectivity index (χ3n) is 1.04. The first kappa shape index (κ1) is 10.3. The van der Waals surface area contributed by atoms with E-state index in [1.807, 2.05) is 13.8 Å². The predicted molar refractivity (Wildman–Crippen MR) is 50.3 cm³/mol. The molecule has 0 saturated heterocycles. The van der Waals surface area contributed by atoms with Gasteiger partial charge in [0.2, 0.25) is 5.91 Å². The lowest BCUT2D eigenvalue weighted by Gasteiger charge is -2.10. The minimum atomic E-state index is -0.0236. The van der Waals surface area contributed by atoms with Crippen molar-refractivity contribution >= 4 is 18.5 Å². The van der Waals surface area contributed by atoms with E-state index >= 15 is 0 Å². The molecule has 0 unspecified atom stereocenters. The molecule has 0 aromatic rings. The Morgan fingerprint density at radius 1 is 1.36 bits per heavy atom. The van der Waals surface area contributed by atoms with Gasteiger partial charge in [0.15, 0.2) is 0 Å². The summed E-state index contributed by atoms with van der Waals surface area (Å²) in [6, 6.07) is 0. The van der Waals surface area contributed by atoms with Gasteiger partial charge in [-0.1, -0.05) is 12.2 Å². The first-order valence-corrected chi connectivity index (χ1v) is 4.07. The van der Waals surface area contributed by atoms with Crippen molar-refractivity contribution in [2.75, 3.05) is 5.75 Å². The van der Waals surface area contributed by atoms with Crippen LogP contribution in [-0.4, -0.2) is 16.6 Å². The molecule has 0 fully saturated rings. The van der Waals surface area contributed by atoms with Gasteiger partial charge in [-0.2, -0.15) is 12.6 Å². The molecule has 0 N–H and O–H groups in total. The van der Waals surface area contributed by atoms with Gasteiger partial charge >= 0.3 is 0 Å². The maximum Gasteiger partial charge on any atom is 0.240 e. The highest BCUT2D eigenvalue weighted by Gasteiger charge is 2.02. The van der Waals surface area contributed by atoms with Gasteiger partial charge < -0.3 is 0 Å². The summed E-state index contributed by atoms with van der Waals surface area (Å²) in [5.74, 6) is 0.207. The number of hydrogen-bond donors (Lipinski definition) is 1. The molecule has 0 rings (SSSR count). The predicted octanol–water partition coefficient (Wildman–Crippen LogP) is 1.81. The molecular weight excluding hydrogens is 158 g/mol. The lowest BCUT2D eigenvalue weighted by atomic mass is 10.5. The summed E-state index contributed by atoms with van der Waals surface area (Å²) in [6.45, 7) is 3.73. The molecule has 0 aliphatic carbocycles. The summed E-state index contributed by atoms with van der Waals surface area (Å²) in [5, 5.41) is 0. The summed E-state index contributed by atoms with van der Waals surface area (Å²) in [6.07, 6.45) is 7.03. The summed E-state index contributed by atoms with van der Waals surface area (Å²) in [5.41, 5.74) is 0. The Bertz CT molecular complexity index is 163. The number of allylic oxidation sites excluding steroid dienone is 2. The highest BCUT2D eigenvalue weighted by molar-refractivity contribution is 7.81. The Kier molecular flexibility index (Phi) is 5.65. The summed E-state index contributed by atoms with van der Waals surface area (Å²) < 4.78 is 0. The van der Waals surface area contributed by atoms with Gasteiger partial charge in [-0.15, -0.1) is 0 Å². The molecule has 0 spiro atoms. The van der Waals surface area contributed by atoms with Crippen LogP contribution in [0.5, 0.6) is 0 Å². The standard InChI is InChI=1S/C8H13NOS/c1-3-5-9(6-4-2)8(10)7-11/h3-6,11H,7H2,1-2H3. The fraction of sp³-hybridized carbons (Fsp3) is 0.375. The maximum absolute atomic E-state index is 11.0. The van der Waals surface area contributed by atoms with Crippen molar-refractivity contribution in [3.05, 3.63) is 24.6 Å². The van der Waals surface area contributed by atoms with E-state index < -0.39 is 0 Å². The zero-order valence-corrected chi connectivity index (χ0v) is 7.71. The quantitative estimate of drug-likeness (QED) is 0.642. The van der Waals surface area contributed by atoms with Gasteiger partial charge in [-0.05, 0) is 13.8 Å². The molecule has 0 aliphatic heterocycles. The molecule has 0 bridgehead atoms. The Morgan fingerprint density at radius 2 is 1.82 bits per heavy atom. The zero-order valence-electron chi connectivity index (χ0n) is 6.82. The van der Waals surface area contributed by atoms with E-state index in [0.29, 0.717) is 0 Å². The fourth-order valence-corrected chi connectivity index (χ4v) is 0.782. The summed E-state index contributed by atoms with van der Waals surface area (Å²) >= 11 is 3.88. The first-order chi connectivity index (χ1) is 5.26. The van der Waals surface area contributed by atoms with E-state index in [1.165, 1.54) is 4.90 Å². The Balaban J connectivity index is 4.20. The average molecular weight is 171 g/mol. The van der Waals surface area contributed by atoms with Crippen LogP contribution in [0.15, 0.2) is 24.6 Å². The average Bonchev–Trinajstić information content (AvgIpc) is 2.03. The highest BCUT2D eigenvalue weighted by atomic mass is 32.1. The molecule has 11 heavy (non-hydrogen) atoms. The van der Waals surface area contributed by atoms with Crippen molar-refractivity contribution in [1.82, 2.24) is 4.90 Å². The molecule has 3 heteroatoms. The van der Waals surface area contributed by atoms with Gasteiger partial charge in [0, 0.05) is 12.4 Å². The van der Waals surface area contributed by atoms with Gasteiger partial charge in [0.25, 0.3) is 0 Å². The van der Waals surface area contributed by atoms with E-state index in [9.17, 15) is 4.79 Å². The Morgan fingerprint density at radius 3 is 2.09 bits per heavy atom. The number of carbonyl (C=O) groups excluding carboxylic acids is 1. The summed E-state index contributed by atoms with van der Waals surface area (Å²) in [7, 11) is 0. The highest BCUT2D eigenvalue weighted by Crippen LogP contribution is 1.94. The second-order valence-electron chi connectivity index (χ2n) is 1.92. The molecule has 62 valence electrons. The van der Waals surface area contributed by atoms with Crippen molar-refractivity contribution < 1.29 is 4.79 Å². The normalized spacial score (nSPS) is 11.2. The Labute approximate surface area is 73.0 Å². The van der Waals surface area contributed by atoms with Crippen LogP contribution in [0.3, 0.4) is 0 Å². The number of carbonyl (C=O) groups is 1. The zero-order chi connectivity index (χ0) is 8.69.